The van der Waals surface area contributed by atoms with Crippen LogP contribution in [0.3, 0.4) is 0 Å². The normalized spacial score (nSPS) is 36.0. The summed E-state index contributed by atoms with van der Waals surface area (Å²) < 4.78 is 0. The van der Waals surface area contributed by atoms with E-state index in [1.165, 1.54) is 48.8 Å². The van der Waals surface area contributed by atoms with Crippen molar-refractivity contribution in [3.8, 4) is 0 Å². The molecule has 0 aromatic heterocycles. The molecule has 0 spiro atoms. The molecule has 2 fully saturated rings. The summed E-state index contributed by atoms with van der Waals surface area (Å²) in [5.41, 5.74) is 1.16. The lowest BCUT2D eigenvalue weighted by atomic mass is 9.81. The lowest BCUT2D eigenvalue weighted by Crippen LogP contribution is -2.19. The zero-order valence-corrected chi connectivity index (χ0v) is 12.5. The van der Waals surface area contributed by atoms with Crippen molar-refractivity contribution in [1.82, 2.24) is 0 Å². The molecule has 0 amide bonds. The van der Waals surface area contributed by atoms with Gasteiger partial charge in [-0.25, -0.2) is 0 Å². The smallest absolute Gasteiger partial charge is 0.00709 e. The average Bonchev–Trinajstić information content (AvgIpc) is 2.59. The maximum atomic E-state index is 1.58. The SMILES string of the molecule is [SiH3]C1CCCCCC1C1CCCCCC1. The van der Waals surface area contributed by atoms with Crippen molar-refractivity contribution in [2.24, 2.45) is 11.8 Å². The first kappa shape index (κ1) is 11.7. The molecule has 0 N–H and O–H groups in total. The van der Waals surface area contributed by atoms with Crippen molar-refractivity contribution in [3.63, 3.8) is 0 Å². The Bertz CT molecular complexity index is 170. The first-order valence-corrected chi connectivity index (χ1v) is 8.53. The lowest BCUT2D eigenvalue weighted by molar-refractivity contribution is 0.270. The molecule has 0 aliphatic heterocycles. The summed E-state index contributed by atoms with van der Waals surface area (Å²) >= 11 is 0. The Kier molecular flexibility index (Phi) is 4.74. The molecule has 2 aliphatic rings. The lowest BCUT2D eigenvalue weighted by Gasteiger charge is -2.30. The van der Waals surface area contributed by atoms with Crippen molar-refractivity contribution in [3.05, 3.63) is 0 Å². The Morgan fingerprint density at radius 3 is 1.87 bits per heavy atom. The molecule has 2 aliphatic carbocycles. The van der Waals surface area contributed by atoms with Gasteiger partial charge in [0, 0.05) is 10.2 Å². The molecule has 0 saturated heterocycles. The van der Waals surface area contributed by atoms with Crippen LogP contribution in [-0.4, -0.2) is 10.2 Å². The largest absolute Gasteiger partial charge is 0.0534 e. The molecule has 0 aromatic rings. The van der Waals surface area contributed by atoms with Gasteiger partial charge >= 0.3 is 0 Å². The van der Waals surface area contributed by atoms with Crippen LogP contribution in [0.25, 0.3) is 0 Å². The van der Waals surface area contributed by atoms with Gasteiger partial charge < -0.3 is 0 Å². The first-order chi connectivity index (χ1) is 7.38. The predicted octanol–water partition coefficient (Wildman–Crippen LogP) is 3.69. The fraction of sp³-hybridized carbons (Fsp3) is 1.00. The van der Waals surface area contributed by atoms with E-state index >= 15 is 0 Å². The summed E-state index contributed by atoms with van der Waals surface area (Å²) in [6.07, 6.45) is 17.0. The molecule has 1 heteroatoms. The van der Waals surface area contributed by atoms with E-state index in [4.69, 9.17) is 0 Å². The molecule has 15 heavy (non-hydrogen) atoms. The summed E-state index contributed by atoms with van der Waals surface area (Å²) in [7, 11) is 1.46. The predicted molar refractivity (Wildman–Crippen MR) is 71.5 cm³/mol. The maximum absolute atomic E-state index is 1.58. The van der Waals surface area contributed by atoms with Crippen molar-refractivity contribution in [1.29, 1.82) is 0 Å². The van der Waals surface area contributed by atoms with Crippen molar-refractivity contribution >= 4 is 10.2 Å². The van der Waals surface area contributed by atoms with Gasteiger partial charge in [0.15, 0.2) is 0 Å². The van der Waals surface area contributed by atoms with Gasteiger partial charge in [-0.3, -0.25) is 0 Å². The highest BCUT2D eigenvalue weighted by Crippen LogP contribution is 2.41. The van der Waals surface area contributed by atoms with E-state index in [2.05, 4.69) is 0 Å². The zero-order valence-electron chi connectivity index (χ0n) is 10.5. The van der Waals surface area contributed by atoms with Gasteiger partial charge in [0.2, 0.25) is 0 Å². The molecule has 2 unspecified atom stereocenters. The Morgan fingerprint density at radius 1 is 0.600 bits per heavy atom. The number of hydrogen-bond donors (Lipinski definition) is 0. The number of rotatable bonds is 1. The standard InChI is InChI=1S/C14H28Si/c15-14-11-7-3-6-10-13(14)12-8-4-1-2-5-9-12/h12-14H,1-11H2,15H3. The topological polar surface area (TPSA) is 0 Å². The van der Waals surface area contributed by atoms with Crippen LogP contribution in [0.4, 0.5) is 0 Å². The highest BCUT2D eigenvalue weighted by molar-refractivity contribution is 6.11. The summed E-state index contributed by atoms with van der Waals surface area (Å²) in [4.78, 5) is 0. The van der Waals surface area contributed by atoms with E-state index < -0.39 is 0 Å². The van der Waals surface area contributed by atoms with Crippen LogP contribution in [0.15, 0.2) is 0 Å². The fourth-order valence-electron chi connectivity index (χ4n) is 3.96. The second-order valence-corrected chi connectivity index (χ2v) is 7.51. The fourth-order valence-corrected chi connectivity index (χ4v) is 5.25. The molecule has 0 bridgehead atoms. The summed E-state index contributed by atoms with van der Waals surface area (Å²) in [6.45, 7) is 0. The molecule has 0 radical (unpaired) electrons. The van der Waals surface area contributed by atoms with Crippen molar-refractivity contribution < 1.29 is 0 Å². The van der Waals surface area contributed by atoms with Crippen molar-refractivity contribution in [2.75, 3.05) is 0 Å². The molecule has 2 atom stereocenters. The molecule has 2 rings (SSSR count). The summed E-state index contributed by atoms with van der Waals surface area (Å²) in [5, 5.41) is 0. The average molecular weight is 224 g/mol. The molecular weight excluding hydrogens is 196 g/mol. The molecule has 0 aromatic carbocycles. The van der Waals surface area contributed by atoms with Gasteiger partial charge in [0.05, 0.1) is 0 Å². The third-order valence-electron chi connectivity index (χ3n) is 4.93. The van der Waals surface area contributed by atoms with Crippen LogP contribution in [-0.2, 0) is 0 Å². The molecule has 0 nitrogen and oxygen atoms in total. The molecule has 2 saturated carbocycles. The van der Waals surface area contributed by atoms with Crippen LogP contribution in [0, 0.1) is 11.8 Å². The maximum Gasteiger partial charge on any atom is 0.00709 e. The summed E-state index contributed by atoms with van der Waals surface area (Å²) in [5.74, 6) is 2.28. The van der Waals surface area contributed by atoms with Gasteiger partial charge in [-0.1, -0.05) is 76.2 Å². The van der Waals surface area contributed by atoms with E-state index in [9.17, 15) is 0 Å². The monoisotopic (exact) mass is 224 g/mol. The first-order valence-electron chi connectivity index (χ1n) is 7.38. The third-order valence-corrected chi connectivity index (χ3v) is 6.37. The van der Waals surface area contributed by atoms with Crippen LogP contribution in [0.5, 0.6) is 0 Å². The van der Waals surface area contributed by atoms with E-state index in [1.54, 1.807) is 32.1 Å². The van der Waals surface area contributed by atoms with Crippen LogP contribution in [0.2, 0.25) is 5.54 Å². The van der Waals surface area contributed by atoms with Gasteiger partial charge in [-0.15, -0.1) is 0 Å². The van der Waals surface area contributed by atoms with Gasteiger partial charge in [0.1, 0.15) is 0 Å². The highest BCUT2D eigenvalue weighted by Gasteiger charge is 2.27. The van der Waals surface area contributed by atoms with E-state index in [0.717, 1.165) is 17.4 Å². The minimum Gasteiger partial charge on any atom is -0.0534 e. The molecular formula is C14H28Si. The van der Waals surface area contributed by atoms with E-state index in [0.29, 0.717) is 0 Å². The van der Waals surface area contributed by atoms with Gasteiger partial charge in [-0.2, -0.15) is 0 Å². The van der Waals surface area contributed by atoms with E-state index in [1.807, 2.05) is 0 Å². The Labute approximate surface area is 98.6 Å². The number of hydrogen-bond acceptors (Lipinski definition) is 0. The molecule has 88 valence electrons. The minimum absolute atomic E-state index is 1.13. The Balaban J connectivity index is 1.92. The van der Waals surface area contributed by atoms with Gasteiger partial charge in [-0.05, 0) is 11.8 Å². The van der Waals surface area contributed by atoms with Crippen LogP contribution < -0.4 is 0 Å². The second-order valence-electron chi connectivity index (χ2n) is 6.03. The van der Waals surface area contributed by atoms with E-state index in [-0.39, 0.29) is 0 Å². The van der Waals surface area contributed by atoms with Gasteiger partial charge in [0.25, 0.3) is 0 Å². The van der Waals surface area contributed by atoms with Crippen LogP contribution >= 0.6 is 0 Å². The third kappa shape index (κ3) is 3.34. The zero-order chi connectivity index (χ0) is 10.5. The second kappa shape index (κ2) is 6.08. The Morgan fingerprint density at radius 2 is 1.13 bits per heavy atom. The van der Waals surface area contributed by atoms with Crippen molar-refractivity contribution in [2.45, 2.75) is 76.2 Å². The molecule has 0 heterocycles. The quantitative estimate of drug-likeness (QED) is 0.471. The highest BCUT2D eigenvalue weighted by atomic mass is 28.1. The van der Waals surface area contributed by atoms with Crippen LogP contribution in [0.1, 0.15) is 70.6 Å². The summed E-state index contributed by atoms with van der Waals surface area (Å²) in [6, 6.07) is 0. The Hall–Kier alpha value is 0.217. The minimum atomic E-state index is 1.13.